The van der Waals surface area contributed by atoms with Crippen molar-refractivity contribution in [1.82, 2.24) is 24.8 Å². The number of carbonyl (C=O) groups is 1. The number of imidazole rings is 1. The van der Waals surface area contributed by atoms with Crippen molar-refractivity contribution in [3.05, 3.63) is 41.2 Å². The number of aromatic amines is 2. The summed E-state index contributed by atoms with van der Waals surface area (Å²) in [7, 11) is 0. The van der Waals surface area contributed by atoms with Crippen molar-refractivity contribution < 1.29 is 4.79 Å². The molecule has 7 heteroatoms. The molecule has 1 fully saturated rings. The Morgan fingerprint density at radius 2 is 2.33 bits per heavy atom. The zero-order chi connectivity index (χ0) is 14.8. The van der Waals surface area contributed by atoms with Crippen LogP contribution in [0.2, 0.25) is 5.02 Å². The molecule has 3 rings (SSSR count). The van der Waals surface area contributed by atoms with Gasteiger partial charge in [-0.15, -0.1) is 0 Å². The van der Waals surface area contributed by atoms with Gasteiger partial charge in [0.05, 0.1) is 11.1 Å². The Kier molecular flexibility index (Phi) is 3.98. The summed E-state index contributed by atoms with van der Waals surface area (Å²) in [6.45, 7) is 5.22. The average molecular weight is 308 g/mol. The summed E-state index contributed by atoms with van der Waals surface area (Å²) < 4.78 is 0. The fourth-order valence-corrected chi connectivity index (χ4v) is 2.93. The van der Waals surface area contributed by atoms with Gasteiger partial charge in [0.1, 0.15) is 11.5 Å². The van der Waals surface area contributed by atoms with Crippen LogP contribution in [0.5, 0.6) is 0 Å². The Balaban J connectivity index is 1.78. The number of nitrogens with zero attached hydrogens (tertiary/aromatic N) is 3. The second-order valence-corrected chi connectivity index (χ2v) is 5.54. The Bertz CT molecular complexity index is 609. The second kappa shape index (κ2) is 5.91. The third-order valence-electron chi connectivity index (χ3n) is 3.90. The Morgan fingerprint density at radius 3 is 2.95 bits per heavy atom. The van der Waals surface area contributed by atoms with Crippen molar-refractivity contribution in [3.63, 3.8) is 0 Å². The van der Waals surface area contributed by atoms with Crippen molar-refractivity contribution in [1.29, 1.82) is 0 Å². The number of piperazine rings is 1. The first-order valence-electron chi connectivity index (χ1n) is 7.05. The van der Waals surface area contributed by atoms with E-state index in [1.165, 1.54) is 0 Å². The highest BCUT2D eigenvalue weighted by Gasteiger charge is 2.31. The zero-order valence-electron chi connectivity index (χ0n) is 11.8. The molecule has 1 atom stereocenters. The number of carbonyl (C=O) groups excluding carboxylic acids is 1. The van der Waals surface area contributed by atoms with Crippen LogP contribution in [0.15, 0.2) is 24.7 Å². The van der Waals surface area contributed by atoms with Crippen LogP contribution in [0.1, 0.15) is 29.3 Å². The maximum atomic E-state index is 12.5. The molecule has 3 heterocycles. The minimum absolute atomic E-state index is 0.0193. The number of nitrogens with one attached hydrogen (secondary N) is 2. The Hall–Kier alpha value is -1.79. The summed E-state index contributed by atoms with van der Waals surface area (Å²) in [6.07, 6.45) is 5.18. The van der Waals surface area contributed by atoms with E-state index in [9.17, 15) is 4.79 Å². The van der Waals surface area contributed by atoms with E-state index in [4.69, 9.17) is 11.6 Å². The summed E-state index contributed by atoms with van der Waals surface area (Å²) in [5.74, 6) is 0.882. The molecule has 2 aromatic heterocycles. The SMILES string of the molecule is CCN1CCN(C(=O)c2cc(Cl)c[nH]2)C[C@H]1c1ncc[nH]1. The van der Waals surface area contributed by atoms with Crippen LogP contribution >= 0.6 is 11.6 Å². The van der Waals surface area contributed by atoms with Crippen LogP contribution in [0, 0.1) is 0 Å². The Morgan fingerprint density at radius 1 is 1.48 bits per heavy atom. The highest BCUT2D eigenvalue weighted by atomic mass is 35.5. The van der Waals surface area contributed by atoms with Crippen LogP contribution in [0.3, 0.4) is 0 Å². The van der Waals surface area contributed by atoms with E-state index < -0.39 is 0 Å². The summed E-state index contributed by atoms with van der Waals surface area (Å²) in [5, 5.41) is 0.549. The van der Waals surface area contributed by atoms with Gasteiger partial charge >= 0.3 is 0 Å². The smallest absolute Gasteiger partial charge is 0.270 e. The van der Waals surface area contributed by atoms with Gasteiger partial charge in [-0.2, -0.15) is 0 Å². The van der Waals surface area contributed by atoms with Gasteiger partial charge in [-0.3, -0.25) is 9.69 Å². The third kappa shape index (κ3) is 2.82. The Labute approximate surface area is 128 Å². The summed E-state index contributed by atoms with van der Waals surface area (Å²) in [5.41, 5.74) is 0.531. The number of likely N-dealkylation sites (N-methyl/N-ethyl adjacent to an activating group) is 1. The molecular formula is C14H18ClN5O. The number of rotatable bonds is 3. The lowest BCUT2D eigenvalue weighted by molar-refractivity contribution is 0.0475. The molecule has 0 bridgehead atoms. The van der Waals surface area contributed by atoms with Crippen LogP contribution in [-0.4, -0.2) is 56.8 Å². The lowest BCUT2D eigenvalue weighted by Gasteiger charge is -2.39. The van der Waals surface area contributed by atoms with Crippen LogP contribution in [-0.2, 0) is 0 Å². The van der Waals surface area contributed by atoms with Crippen LogP contribution in [0.4, 0.5) is 0 Å². The maximum Gasteiger partial charge on any atom is 0.270 e. The van der Waals surface area contributed by atoms with E-state index in [-0.39, 0.29) is 11.9 Å². The summed E-state index contributed by atoms with van der Waals surface area (Å²) in [4.78, 5) is 27.1. The van der Waals surface area contributed by atoms with Crippen molar-refractivity contribution in [3.8, 4) is 0 Å². The minimum Gasteiger partial charge on any atom is -0.356 e. The van der Waals surface area contributed by atoms with Gasteiger partial charge in [-0.05, 0) is 12.6 Å². The zero-order valence-corrected chi connectivity index (χ0v) is 12.6. The van der Waals surface area contributed by atoms with Gasteiger partial charge in [-0.1, -0.05) is 18.5 Å². The quantitative estimate of drug-likeness (QED) is 0.910. The topological polar surface area (TPSA) is 68.0 Å². The van der Waals surface area contributed by atoms with Gasteiger partial charge in [-0.25, -0.2) is 4.98 Å². The molecule has 1 aliphatic rings. The molecule has 0 aromatic carbocycles. The second-order valence-electron chi connectivity index (χ2n) is 5.10. The first kappa shape index (κ1) is 14.2. The molecule has 0 aliphatic carbocycles. The fraction of sp³-hybridized carbons (Fsp3) is 0.429. The highest BCUT2D eigenvalue weighted by molar-refractivity contribution is 6.30. The molecule has 6 nitrogen and oxygen atoms in total. The molecule has 21 heavy (non-hydrogen) atoms. The van der Waals surface area contributed by atoms with Gasteiger partial charge in [0.2, 0.25) is 0 Å². The number of halogens is 1. The van der Waals surface area contributed by atoms with Crippen molar-refractivity contribution in [2.24, 2.45) is 0 Å². The van der Waals surface area contributed by atoms with E-state index in [2.05, 4.69) is 26.8 Å². The molecule has 0 saturated carbocycles. The van der Waals surface area contributed by atoms with E-state index >= 15 is 0 Å². The molecule has 2 N–H and O–H groups in total. The van der Waals surface area contributed by atoms with Gasteiger partial charge < -0.3 is 14.9 Å². The highest BCUT2D eigenvalue weighted by Crippen LogP contribution is 2.23. The first-order chi connectivity index (χ1) is 10.2. The monoisotopic (exact) mass is 307 g/mol. The molecule has 0 unspecified atom stereocenters. The number of aromatic nitrogens is 3. The van der Waals surface area contributed by atoms with E-state index in [1.54, 1.807) is 18.5 Å². The first-order valence-corrected chi connectivity index (χ1v) is 7.43. The van der Waals surface area contributed by atoms with E-state index in [0.29, 0.717) is 23.8 Å². The number of H-pyrrole nitrogens is 2. The predicted molar refractivity (Wildman–Crippen MR) is 80.3 cm³/mol. The molecule has 1 amide bonds. The number of amides is 1. The summed E-state index contributed by atoms with van der Waals surface area (Å²) in [6, 6.07) is 1.77. The van der Waals surface area contributed by atoms with Crippen molar-refractivity contribution >= 4 is 17.5 Å². The lowest BCUT2D eigenvalue weighted by atomic mass is 10.1. The average Bonchev–Trinajstić information content (AvgIpc) is 3.17. The number of hydrogen-bond acceptors (Lipinski definition) is 3. The predicted octanol–water partition coefficient (Wildman–Crippen LogP) is 1.91. The molecule has 112 valence electrons. The largest absolute Gasteiger partial charge is 0.356 e. The third-order valence-corrected chi connectivity index (χ3v) is 4.12. The molecular weight excluding hydrogens is 290 g/mol. The van der Waals surface area contributed by atoms with Gasteiger partial charge in [0.15, 0.2) is 0 Å². The number of hydrogen-bond donors (Lipinski definition) is 2. The molecule has 1 saturated heterocycles. The van der Waals surface area contributed by atoms with E-state index in [1.807, 2.05) is 11.1 Å². The van der Waals surface area contributed by atoms with Crippen LogP contribution in [0.25, 0.3) is 0 Å². The van der Waals surface area contributed by atoms with Gasteiger partial charge in [0.25, 0.3) is 5.91 Å². The molecule has 2 aromatic rings. The molecule has 0 spiro atoms. The fourth-order valence-electron chi connectivity index (χ4n) is 2.76. The molecule has 0 radical (unpaired) electrons. The molecule has 1 aliphatic heterocycles. The maximum absolute atomic E-state index is 12.5. The standard InChI is InChI=1S/C14H18ClN5O/c1-2-19-5-6-20(9-12(19)13-16-3-4-17-13)14(21)11-7-10(15)8-18-11/h3-4,7-8,12,18H,2,5-6,9H2,1H3,(H,16,17)/t12-/m0/s1. The normalized spacial score (nSPS) is 19.9. The minimum atomic E-state index is -0.0193. The van der Waals surface area contributed by atoms with Gasteiger partial charge in [0, 0.05) is 38.2 Å². The lowest BCUT2D eigenvalue weighted by Crippen LogP contribution is -2.50. The van der Waals surface area contributed by atoms with Crippen molar-refractivity contribution in [2.75, 3.05) is 26.2 Å². The summed E-state index contributed by atoms with van der Waals surface area (Å²) >= 11 is 5.87. The van der Waals surface area contributed by atoms with E-state index in [0.717, 1.165) is 18.9 Å². The van der Waals surface area contributed by atoms with Crippen LogP contribution < -0.4 is 0 Å². The van der Waals surface area contributed by atoms with Crippen molar-refractivity contribution in [2.45, 2.75) is 13.0 Å².